The van der Waals surface area contributed by atoms with Crippen LogP contribution in [-0.2, 0) is 0 Å². The number of halogens is 1. The molecule has 3 N–H and O–H groups in total. The van der Waals surface area contributed by atoms with E-state index in [2.05, 4.69) is 20.9 Å². The van der Waals surface area contributed by atoms with Gasteiger partial charge in [0.2, 0.25) is 0 Å². The van der Waals surface area contributed by atoms with Crippen LogP contribution in [0.25, 0.3) is 10.9 Å². The molecule has 0 atom stereocenters. The summed E-state index contributed by atoms with van der Waals surface area (Å²) < 4.78 is 0.941. The summed E-state index contributed by atoms with van der Waals surface area (Å²) in [4.78, 5) is 8.02. The fourth-order valence-electron chi connectivity index (χ4n) is 3.54. The van der Waals surface area contributed by atoms with E-state index in [1.807, 2.05) is 24.3 Å². The van der Waals surface area contributed by atoms with E-state index in [0.717, 1.165) is 39.5 Å². The van der Waals surface area contributed by atoms with Gasteiger partial charge in [-0.15, -0.1) is 0 Å². The van der Waals surface area contributed by atoms with Gasteiger partial charge in [-0.1, -0.05) is 40.9 Å². The van der Waals surface area contributed by atoms with E-state index in [1.54, 1.807) is 18.2 Å². The van der Waals surface area contributed by atoms with E-state index >= 15 is 0 Å². The van der Waals surface area contributed by atoms with Crippen LogP contribution in [0.15, 0.2) is 51.9 Å². The summed E-state index contributed by atoms with van der Waals surface area (Å²) in [7, 11) is 0. The van der Waals surface area contributed by atoms with E-state index in [0.29, 0.717) is 5.56 Å². The Balaban J connectivity index is 1.95. The Bertz CT molecular complexity index is 955. The lowest BCUT2D eigenvalue weighted by Gasteiger charge is -2.11. The summed E-state index contributed by atoms with van der Waals surface area (Å²) in [6.45, 7) is 0. The minimum absolute atomic E-state index is 0.105. The highest BCUT2D eigenvalue weighted by molar-refractivity contribution is 9.10. The summed E-state index contributed by atoms with van der Waals surface area (Å²) in [5.74, 6) is 0.297. The number of aromatic hydroxyl groups is 2. The number of hydrogen-bond acceptors (Lipinski definition) is 3. The van der Waals surface area contributed by atoms with Crippen molar-refractivity contribution in [3.63, 3.8) is 0 Å². The Hall–Kier alpha value is -2.27. The van der Waals surface area contributed by atoms with Gasteiger partial charge in [0.1, 0.15) is 5.75 Å². The Morgan fingerprint density at radius 2 is 1.88 bits per heavy atom. The summed E-state index contributed by atoms with van der Waals surface area (Å²) in [5.41, 5.74) is 3.08. The number of benzene rings is 2. The third kappa shape index (κ3) is 3.16. The first kappa shape index (κ1) is 16.2. The zero-order valence-corrected chi connectivity index (χ0v) is 15.3. The van der Waals surface area contributed by atoms with Crippen molar-refractivity contribution >= 4 is 32.5 Å². The van der Waals surface area contributed by atoms with E-state index in [1.165, 1.54) is 12.8 Å². The molecule has 1 aliphatic rings. The third-order valence-corrected chi connectivity index (χ3v) is 5.23. The van der Waals surface area contributed by atoms with Crippen LogP contribution < -0.4 is 0 Å². The molecule has 25 heavy (non-hydrogen) atoms. The van der Waals surface area contributed by atoms with Crippen molar-refractivity contribution in [2.75, 3.05) is 0 Å². The number of hydrogen-bond donors (Lipinski definition) is 3. The molecule has 0 bridgehead atoms. The van der Waals surface area contributed by atoms with Gasteiger partial charge in [0.15, 0.2) is 5.88 Å². The first-order valence-electron chi connectivity index (χ1n) is 8.49. The number of nitrogens with zero attached hydrogens (tertiary/aromatic N) is 1. The van der Waals surface area contributed by atoms with Crippen molar-refractivity contribution in [2.45, 2.75) is 31.7 Å². The number of phenols is 1. The molecular formula is C20H19BrN2O2. The number of aliphatic imine (C=N–C) groups is 1. The molecule has 1 aromatic heterocycles. The van der Waals surface area contributed by atoms with Gasteiger partial charge in [-0.2, -0.15) is 0 Å². The average Bonchev–Trinajstić information content (AvgIpc) is 3.20. The summed E-state index contributed by atoms with van der Waals surface area (Å²) in [5, 5.41) is 21.4. The Morgan fingerprint density at radius 1 is 1.08 bits per heavy atom. The molecule has 1 fully saturated rings. The quantitative estimate of drug-likeness (QED) is 0.535. The summed E-state index contributed by atoms with van der Waals surface area (Å²) in [6, 6.07) is 13.2. The number of aromatic amines is 1. The molecule has 0 amide bonds. The fourth-order valence-corrected chi connectivity index (χ4v) is 3.90. The number of nitrogens with one attached hydrogen (secondary N) is 1. The molecule has 0 spiro atoms. The maximum Gasteiger partial charge on any atom is 0.199 e. The molecule has 0 radical (unpaired) electrons. The predicted molar refractivity (Wildman–Crippen MR) is 104 cm³/mol. The molecule has 0 unspecified atom stereocenters. The maximum atomic E-state index is 10.6. The van der Waals surface area contributed by atoms with Crippen LogP contribution in [0, 0.1) is 0 Å². The van der Waals surface area contributed by atoms with Crippen LogP contribution in [-0.4, -0.2) is 27.0 Å². The van der Waals surface area contributed by atoms with Crippen molar-refractivity contribution in [1.29, 1.82) is 0 Å². The van der Waals surface area contributed by atoms with Gasteiger partial charge in [-0.05, 0) is 43.2 Å². The SMILES string of the molecule is Oc1cccc(C(=NC2CCCC2)c2c(O)[nH]c3ccc(Br)cc23)c1. The number of phenolic OH excluding ortho intramolecular Hbond substituents is 1. The lowest BCUT2D eigenvalue weighted by Crippen LogP contribution is -2.09. The van der Waals surface area contributed by atoms with Gasteiger partial charge in [-0.3, -0.25) is 4.99 Å². The van der Waals surface area contributed by atoms with Crippen LogP contribution in [0.1, 0.15) is 36.8 Å². The van der Waals surface area contributed by atoms with Crippen LogP contribution in [0.4, 0.5) is 0 Å². The average molecular weight is 399 g/mol. The lowest BCUT2D eigenvalue weighted by atomic mass is 10.00. The van der Waals surface area contributed by atoms with Crippen molar-refractivity contribution in [2.24, 2.45) is 4.99 Å². The molecule has 0 saturated heterocycles. The van der Waals surface area contributed by atoms with Crippen molar-refractivity contribution in [3.05, 3.63) is 58.1 Å². The molecule has 1 heterocycles. The molecule has 4 rings (SSSR count). The Kier molecular flexibility index (Phi) is 4.25. The zero-order valence-electron chi connectivity index (χ0n) is 13.7. The topological polar surface area (TPSA) is 68.6 Å². The molecule has 1 aliphatic carbocycles. The minimum atomic E-state index is 0.105. The second-order valence-electron chi connectivity index (χ2n) is 6.50. The summed E-state index contributed by atoms with van der Waals surface area (Å²) >= 11 is 3.51. The van der Waals surface area contributed by atoms with Crippen LogP contribution >= 0.6 is 15.9 Å². The van der Waals surface area contributed by atoms with E-state index in [9.17, 15) is 10.2 Å². The van der Waals surface area contributed by atoms with Crippen LogP contribution in [0.2, 0.25) is 0 Å². The second kappa shape index (κ2) is 6.56. The highest BCUT2D eigenvalue weighted by atomic mass is 79.9. The number of rotatable bonds is 3. The summed E-state index contributed by atoms with van der Waals surface area (Å²) in [6.07, 6.45) is 4.50. The number of H-pyrrole nitrogens is 1. The highest BCUT2D eigenvalue weighted by Gasteiger charge is 2.22. The molecule has 2 aromatic carbocycles. The molecule has 0 aliphatic heterocycles. The van der Waals surface area contributed by atoms with E-state index in [4.69, 9.17) is 4.99 Å². The first-order chi connectivity index (χ1) is 12.1. The molecule has 5 heteroatoms. The molecule has 128 valence electrons. The Labute approximate surface area is 154 Å². The maximum absolute atomic E-state index is 10.6. The second-order valence-corrected chi connectivity index (χ2v) is 7.42. The Morgan fingerprint density at radius 3 is 2.64 bits per heavy atom. The minimum Gasteiger partial charge on any atom is -0.508 e. The van der Waals surface area contributed by atoms with E-state index < -0.39 is 0 Å². The van der Waals surface area contributed by atoms with Crippen molar-refractivity contribution < 1.29 is 10.2 Å². The highest BCUT2D eigenvalue weighted by Crippen LogP contribution is 2.33. The lowest BCUT2D eigenvalue weighted by molar-refractivity contribution is 0.457. The fraction of sp³-hybridized carbons (Fsp3) is 0.250. The van der Waals surface area contributed by atoms with Gasteiger partial charge in [0.25, 0.3) is 0 Å². The van der Waals surface area contributed by atoms with Crippen molar-refractivity contribution in [1.82, 2.24) is 4.98 Å². The van der Waals surface area contributed by atoms with Gasteiger partial charge in [0.05, 0.1) is 17.3 Å². The third-order valence-electron chi connectivity index (χ3n) is 4.73. The molecule has 1 saturated carbocycles. The molecular weight excluding hydrogens is 380 g/mol. The smallest absolute Gasteiger partial charge is 0.199 e. The largest absolute Gasteiger partial charge is 0.508 e. The van der Waals surface area contributed by atoms with Crippen LogP contribution in [0.3, 0.4) is 0 Å². The van der Waals surface area contributed by atoms with E-state index in [-0.39, 0.29) is 17.7 Å². The van der Waals surface area contributed by atoms with Crippen LogP contribution in [0.5, 0.6) is 11.6 Å². The monoisotopic (exact) mass is 398 g/mol. The normalized spacial score (nSPS) is 16.0. The van der Waals surface area contributed by atoms with Crippen molar-refractivity contribution in [3.8, 4) is 11.6 Å². The standard InChI is InChI=1S/C20H19BrN2O2/c21-13-8-9-17-16(11-13)18(20(25)23-17)19(22-14-5-1-2-6-14)12-4-3-7-15(24)10-12/h3-4,7-11,14,23-25H,1-2,5-6H2. The molecule has 4 nitrogen and oxygen atoms in total. The number of aromatic nitrogens is 1. The molecule has 3 aromatic rings. The van der Waals surface area contributed by atoms with Gasteiger partial charge in [0, 0.05) is 20.9 Å². The number of fused-ring (bicyclic) bond motifs is 1. The van der Waals surface area contributed by atoms with Gasteiger partial charge in [-0.25, -0.2) is 0 Å². The zero-order chi connectivity index (χ0) is 17.4. The predicted octanol–water partition coefficient (Wildman–Crippen LogP) is 5.12. The first-order valence-corrected chi connectivity index (χ1v) is 9.29. The van der Waals surface area contributed by atoms with Gasteiger partial charge < -0.3 is 15.2 Å². The van der Waals surface area contributed by atoms with Gasteiger partial charge >= 0.3 is 0 Å².